The van der Waals surface area contributed by atoms with E-state index in [1.807, 2.05) is 64.1 Å². The number of aromatic hydroxyl groups is 1. The highest BCUT2D eigenvalue weighted by Crippen LogP contribution is 2.13. The predicted molar refractivity (Wildman–Crippen MR) is 136 cm³/mol. The molecule has 7 nitrogen and oxygen atoms in total. The summed E-state index contributed by atoms with van der Waals surface area (Å²) in [6.07, 6.45) is 0.346. The summed E-state index contributed by atoms with van der Waals surface area (Å²) in [5.41, 5.74) is 2.26. The Labute approximate surface area is 201 Å². The number of aliphatic imine (C=N–C) groups is 1. The minimum atomic E-state index is -0.525. The van der Waals surface area contributed by atoms with Gasteiger partial charge in [0.15, 0.2) is 5.96 Å². The van der Waals surface area contributed by atoms with Crippen LogP contribution in [0, 0.1) is 0 Å². The first-order valence-corrected chi connectivity index (χ1v) is 10.1. The van der Waals surface area contributed by atoms with Crippen molar-refractivity contribution in [3.63, 3.8) is 0 Å². The normalized spacial score (nSPS) is 11.3. The molecule has 0 heterocycles. The quantitative estimate of drug-likeness (QED) is 0.233. The minimum absolute atomic E-state index is 0. The maximum Gasteiger partial charge on any atom is 0.412 e. The average Bonchev–Trinajstić information content (AvgIpc) is 2.66. The Bertz CT molecular complexity index is 849. The van der Waals surface area contributed by atoms with E-state index in [2.05, 4.69) is 20.9 Å². The van der Waals surface area contributed by atoms with Crippen LogP contribution in [0.25, 0.3) is 0 Å². The summed E-state index contributed by atoms with van der Waals surface area (Å²) in [4.78, 5) is 16.4. The fraction of sp³-hybridized carbons (Fsp3) is 0.391. The summed E-state index contributed by atoms with van der Waals surface area (Å²) in [5, 5.41) is 18.8. The number of halogens is 1. The molecule has 2 rings (SSSR count). The third-order valence-corrected chi connectivity index (χ3v) is 3.98. The smallest absolute Gasteiger partial charge is 0.412 e. The van der Waals surface area contributed by atoms with Gasteiger partial charge in [-0.1, -0.05) is 24.3 Å². The molecule has 8 heteroatoms. The number of anilines is 1. The lowest BCUT2D eigenvalue weighted by atomic mass is 10.1. The fourth-order valence-electron chi connectivity index (χ4n) is 2.67. The molecule has 0 aromatic heterocycles. The molecule has 0 saturated carbocycles. The maximum absolute atomic E-state index is 11.8. The van der Waals surface area contributed by atoms with E-state index < -0.39 is 11.7 Å². The first-order valence-electron chi connectivity index (χ1n) is 10.1. The molecular formula is C23H33IN4O3. The maximum atomic E-state index is 11.8. The van der Waals surface area contributed by atoms with Crippen molar-refractivity contribution in [2.24, 2.45) is 4.99 Å². The number of guanidine groups is 1. The van der Waals surface area contributed by atoms with E-state index in [1.54, 1.807) is 12.1 Å². The molecule has 0 radical (unpaired) electrons. The number of nitrogens with one attached hydrogen (secondary N) is 3. The van der Waals surface area contributed by atoms with Crippen LogP contribution in [0.5, 0.6) is 5.75 Å². The van der Waals surface area contributed by atoms with Gasteiger partial charge in [0.2, 0.25) is 0 Å². The van der Waals surface area contributed by atoms with Crippen LogP contribution in [-0.2, 0) is 17.7 Å². The van der Waals surface area contributed by atoms with Crippen LogP contribution in [0.3, 0.4) is 0 Å². The molecular weight excluding hydrogens is 507 g/mol. The van der Waals surface area contributed by atoms with Crippen LogP contribution in [0.15, 0.2) is 53.5 Å². The number of nitrogens with zero attached hydrogens (tertiary/aromatic N) is 1. The van der Waals surface area contributed by atoms with Crippen LogP contribution in [0.1, 0.15) is 38.8 Å². The number of phenols is 1. The highest BCUT2D eigenvalue weighted by molar-refractivity contribution is 14.0. The number of rotatable bonds is 7. The zero-order valence-corrected chi connectivity index (χ0v) is 20.9. The van der Waals surface area contributed by atoms with Gasteiger partial charge in [0, 0.05) is 18.8 Å². The van der Waals surface area contributed by atoms with Gasteiger partial charge in [0.25, 0.3) is 0 Å². The minimum Gasteiger partial charge on any atom is -0.508 e. The predicted octanol–water partition coefficient (Wildman–Crippen LogP) is 4.66. The zero-order valence-electron chi connectivity index (χ0n) is 18.6. The Kier molecular flexibility index (Phi) is 11.2. The average molecular weight is 540 g/mol. The van der Waals surface area contributed by atoms with E-state index in [-0.39, 0.29) is 29.7 Å². The summed E-state index contributed by atoms with van der Waals surface area (Å²) in [5.74, 6) is 0.967. The zero-order chi connectivity index (χ0) is 22.0. The third-order valence-electron chi connectivity index (χ3n) is 3.98. The van der Waals surface area contributed by atoms with Crippen molar-refractivity contribution in [1.82, 2.24) is 10.6 Å². The summed E-state index contributed by atoms with van der Waals surface area (Å²) in [6, 6.07) is 14.8. The second kappa shape index (κ2) is 13.0. The molecule has 0 aliphatic carbocycles. The van der Waals surface area contributed by atoms with Crippen LogP contribution in [-0.4, -0.2) is 35.8 Å². The standard InChI is InChI=1S/C23H32N4O3.HI/c1-5-24-21(26-16-18-7-6-8-20(28)15-18)25-14-13-17-9-11-19(12-10-17)27-22(29)30-23(2,3)4;/h6-12,15,28H,5,13-14,16H2,1-4H3,(H,27,29)(H2,24,25,26);1H. The molecule has 0 saturated heterocycles. The second-order valence-electron chi connectivity index (χ2n) is 7.87. The highest BCUT2D eigenvalue weighted by atomic mass is 127. The number of carbonyl (C=O) groups excluding carboxylic acids is 1. The van der Waals surface area contributed by atoms with E-state index in [0.29, 0.717) is 18.8 Å². The fourth-order valence-corrected chi connectivity index (χ4v) is 2.67. The highest BCUT2D eigenvalue weighted by Gasteiger charge is 2.16. The molecule has 0 aliphatic rings. The molecule has 170 valence electrons. The molecule has 0 fully saturated rings. The number of ether oxygens (including phenoxy) is 1. The van der Waals surface area contributed by atoms with E-state index >= 15 is 0 Å². The van der Waals surface area contributed by atoms with Crippen molar-refractivity contribution in [3.05, 3.63) is 59.7 Å². The number of hydrogen-bond donors (Lipinski definition) is 4. The van der Waals surface area contributed by atoms with Crippen molar-refractivity contribution < 1.29 is 14.6 Å². The van der Waals surface area contributed by atoms with Gasteiger partial charge in [0.05, 0.1) is 6.54 Å². The number of benzene rings is 2. The summed E-state index contributed by atoms with van der Waals surface area (Å²) in [6.45, 7) is 9.46. The summed E-state index contributed by atoms with van der Waals surface area (Å²) in [7, 11) is 0. The van der Waals surface area contributed by atoms with Crippen molar-refractivity contribution in [2.75, 3.05) is 18.4 Å². The van der Waals surface area contributed by atoms with Gasteiger partial charge < -0.3 is 20.5 Å². The Morgan fingerprint density at radius 1 is 1.06 bits per heavy atom. The monoisotopic (exact) mass is 540 g/mol. The molecule has 1 amide bonds. The van der Waals surface area contributed by atoms with Crippen LogP contribution < -0.4 is 16.0 Å². The van der Waals surface area contributed by atoms with Crippen molar-refractivity contribution in [2.45, 2.75) is 46.3 Å². The number of amides is 1. The van der Waals surface area contributed by atoms with Crippen molar-refractivity contribution >= 4 is 41.7 Å². The van der Waals surface area contributed by atoms with Crippen molar-refractivity contribution in [3.8, 4) is 5.75 Å². The molecule has 0 bridgehead atoms. The number of phenolic OH excluding ortho intramolecular Hbond substituents is 1. The van der Waals surface area contributed by atoms with E-state index in [4.69, 9.17) is 4.74 Å². The van der Waals surface area contributed by atoms with Crippen LogP contribution >= 0.6 is 24.0 Å². The molecule has 4 N–H and O–H groups in total. The lowest BCUT2D eigenvalue weighted by Crippen LogP contribution is -2.38. The van der Waals surface area contributed by atoms with Gasteiger partial charge in [-0.25, -0.2) is 9.79 Å². The second-order valence-corrected chi connectivity index (χ2v) is 7.87. The first-order chi connectivity index (χ1) is 14.2. The summed E-state index contributed by atoms with van der Waals surface area (Å²) < 4.78 is 5.25. The van der Waals surface area contributed by atoms with E-state index in [0.717, 1.165) is 30.1 Å². The van der Waals surface area contributed by atoms with Crippen LogP contribution in [0.4, 0.5) is 10.5 Å². The Morgan fingerprint density at radius 3 is 2.39 bits per heavy atom. The van der Waals surface area contributed by atoms with Gasteiger partial charge in [-0.15, -0.1) is 24.0 Å². The third kappa shape index (κ3) is 10.9. The van der Waals surface area contributed by atoms with Gasteiger partial charge in [-0.3, -0.25) is 5.32 Å². The van der Waals surface area contributed by atoms with Crippen LogP contribution in [0.2, 0.25) is 0 Å². The molecule has 0 aliphatic heterocycles. The van der Waals surface area contributed by atoms with E-state index in [9.17, 15) is 9.90 Å². The molecule has 0 atom stereocenters. The lowest BCUT2D eigenvalue weighted by molar-refractivity contribution is 0.0636. The first kappa shape index (κ1) is 26.5. The Balaban J connectivity index is 0.00000480. The summed E-state index contributed by atoms with van der Waals surface area (Å²) >= 11 is 0. The molecule has 0 unspecified atom stereocenters. The molecule has 31 heavy (non-hydrogen) atoms. The Morgan fingerprint density at radius 2 is 1.77 bits per heavy atom. The largest absolute Gasteiger partial charge is 0.508 e. The van der Waals surface area contributed by atoms with E-state index in [1.165, 1.54) is 0 Å². The van der Waals surface area contributed by atoms with Crippen molar-refractivity contribution in [1.29, 1.82) is 0 Å². The Hall–Kier alpha value is -2.49. The SMILES string of the molecule is CCNC(=NCc1cccc(O)c1)NCCc1ccc(NC(=O)OC(C)(C)C)cc1.I. The number of hydrogen-bond acceptors (Lipinski definition) is 4. The van der Waals surface area contributed by atoms with Gasteiger partial charge >= 0.3 is 6.09 Å². The molecule has 2 aromatic rings. The van der Waals surface area contributed by atoms with Gasteiger partial charge in [-0.2, -0.15) is 0 Å². The number of carbonyl (C=O) groups is 1. The van der Waals surface area contributed by atoms with Gasteiger partial charge in [0.1, 0.15) is 11.4 Å². The topological polar surface area (TPSA) is 95.0 Å². The lowest BCUT2D eigenvalue weighted by Gasteiger charge is -2.19. The molecule has 2 aromatic carbocycles. The molecule has 0 spiro atoms. The van der Waals surface area contributed by atoms with Gasteiger partial charge in [-0.05, 0) is 69.5 Å².